The van der Waals surface area contributed by atoms with E-state index >= 15 is 0 Å². The Morgan fingerprint density at radius 3 is 2.78 bits per heavy atom. The molecule has 1 amide bonds. The Balaban J connectivity index is 1.57. The Kier molecular flexibility index (Phi) is 3.60. The molecule has 0 spiro atoms. The smallest absolute Gasteiger partial charge is 0.237 e. The average Bonchev–Trinajstić information content (AvgIpc) is 2.93. The van der Waals surface area contributed by atoms with Gasteiger partial charge in [0.05, 0.1) is 6.04 Å². The molecule has 102 valence electrons. The molecule has 5 atom stereocenters. The van der Waals surface area contributed by atoms with Crippen LogP contribution in [0.5, 0.6) is 0 Å². The number of amides is 1. The molecular formula is C15H26N2O. The zero-order valence-electron chi connectivity index (χ0n) is 11.5. The molecule has 0 aromatic rings. The second-order valence-electron chi connectivity index (χ2n) is 6.62. The van der Waals surface area contributed by atoms with E-state index in [1.165, 1.54) is 44.9 Å². The highest BCUT2D eigenvalue weighted by Gasteiger charge is 2.42. The van der Waals surface area contributed by atoms with Gasteiger partial charge in [-0.25, -0.2) is 0 Å². The predicted molar refractivity (Wildman–Crippen MR) is 72.2 cm³/mol. The van der Waals surface area contributed by atoms with E-state index in [4.69, 9.17) is 0 Å². The van der Waals surface area contributed by atoms with Gasteiger partial charge in [-0.15, -0.1) is 0 Å². The van der Waals surface area contributed by atoms with E-state index in [2.05, 4.69) is 17.6 Å². The van der Waals surface area contributed by atoms with Crippen molar-refractivity contribution < 1.29 is 4.79 Å². The van der Waals surface area contributed by atoms with E-state index < -0.39 is 0 Å². The number of nitrogens with one attached hydrogen (secondary N) is 2. The van der Waals surface area contributed by atoms with Crippen LogP contribution in [0.3, 0.4) is 0 Å². The Hall–Kier alpha value is -0.570. The second-order valence-corrected chi connectivity index (χ2v) is 6.62. The maximum absolute atomic E-state index is 12.4. The van der Waals surface area contributed by atoms with Crippen molar-refractivity contribution in [2.75, 3.05) is 6.54 Å². The summed E-state index contributed by atoms with van der Waals surface area (Å²) in [6.07, 6.45) is 8.94. The van der Waals surface area contributed by atoms with Gasteiger partial charge in [0.15, 0.2) is 0 Å². The van der Waals surface area contributed by atoms with Crippen molar-refractivity contribution in [3.05, 3.63) is 0 Å². The first-order valence-electron chi connectivity index (χ1n) is 7.79. The topological polar surface area (TPSA) is 41.1 Å². The first-order chi connectivity index (χ1) is 8.75. The zero-order chi connectivity index (χ0) is 12.5. The lowest BCUT2D eigenvalue weighted by Gasteiger charge is -2.31. The second kappa shape index (κ2) is 5.20. The Morgan fingerprint density at radius 2 is 1.94 bits per heavy atom. The Morgan fingerprint density at radius 1 is 1.11 bits per heavy atom. The summed E-state index contributed by atoms with van der Waals surface area (Å²) in [7, 11) is 0. The van der Waals surface area contributed by atoms with Crippen molar-refractivity contribution >= 4 is 5.91 Å². The van der Waals surface area contributed by atoms with Gasteiger partial charge in [0.1, 0.15) is 0 Å². The van der Waals surface area contributed by atoms with Gasteiger partial charge >= 0.3 is 0 Å². The summed E-state index contributed by atoms with van der Waals surface area (Å²) in [6, 6.07) is 0.528. The third-order valence-corrected chi connectivity index (χ3v) is 5.47. The SMILES string of the molecule is CC1CCCCC1NC(=O)C1NCC2CCCC21. The van der Waals surface area contributed by atoms with Crippen molar-refractivity contribution in [1.82, 2.24) is 10.6 Å². The molecule has 18 heavy (non-hydrogen) atoms. The van der Waals surface area contributed by atoms with Gasteiger partial charge in [-0.3, -0.25) is 4.79 Å². The van der Waals surface area contributed by atoms with Crippen LogP contribution in [-0.4, -0.2) is 24.5 Å². The summed E-state index contributed by atoms with van der Waals surface area (Å²) in [5.74, 6) is 2.32. The summed E-state index contributed by atoms with van der Waals surface area (Å²) in [6.45, 7) is 3.34. The van der Waals surface area contributed by atoms with E-state index in [-0.39, 0.29) is 11.9 Å². The maximum Gasteiger partial charge on any atom is 0.237 e. The fourth-order valence-electron chi connectivity index (χ4n) is 4.28. The summed E-state index contributed by atoms with van der Waals surface area (Å²) < 4.78 is 0. The summed E-state index contributed by atoms with van der Waals surface area (Å²) in [5, 5.41) is 6.77. The van der Waals surface area contributed by atoms with Crippen molar-refractivity contribution in [2.45, 2.75) is 64.0 Å². The van der Waals surface area contributed by atoms with Gasteiger partial charge in [-0.1, -0.05) is 26.2 Å². The van der Waals surface area contributed by atoms with Crippen molar-refractivity contribution in [3.8, 4) is 0 Å². The fourth-order valence-corrected chi connectivity index (χ4v) is 4.28. The molecule has 3 nitrogen and oxygen atoms in total. The lowest BCUT2D eigenvalue weighted by Crippen LogP contribution is -2.50. The number of carbonyl (C=O) groups is 1. The standard InChI is InChI=1S/C15H26N2O/c1-10-5-2-3-8-13(10)17-15(18)14-12-7-4-6-11(12)9-16-14/h10-14,16H,2-9H2,1H3,(H,17,18). The minimum atomic E-state index is 0.103. The normalized spacial score (nSPS) is 43.7. The highest BCUT2D eigenvalue weighted by atomic mass is 16.2. The van der Waals surface area contributed by atoms with E-state index in [1.807, 2.05) is 0 Å². The third-order valence-electron chi connectivity index (χ3n) is 5.47. The number of fused-ring (bicyclic) bond motifs is 1. The van der Waals surface area contributed by atoms with Gasteiger partial charge in [-0.05, 0) is 50.0 Å². The van der Waals surface area contributed by atoms with Crippen LogP contribution in [0.1, 0.15) is 51.9 Å². The van der Waals surface area contributed by atoms with E-state index in [1.54, 1.807) is 0 Å². The molecule has 1 heterocycles. The van der Waals surface area contributed by atoms with Gasteiger partial charge < -0.3 is 10.6 Å². The molecule has 2 N–H and O–H groups in total. The van der Waals surface area contributed by atoms with Gasteiger partial charge in [0.25, 0.3) is 0 Å². The molecule has 3 fully saturated rings. The average molecular weight is 250 g/mol. The van der Waals surface area contributed by atoms with Crippen LogP contribution in [0.4, 0.5) is 0 Å². The molecule has 1 saturated heterocycles. The summed E-state index contributed by atoms with van der Waals surface area (Å²) >= 11 is 0. The number of hydrogen-bond acceptors (Lipinski definition) is 2. The van der Waals surface area contributed by atoms with E-state index in [9.17, 15) is 4.79 Å². The molecule has 0 radical (unpaired) electrons. The summed E-state index contributed by atoms with van der Waals surface area (Å²) in [5.41, 5.74) is 0. The van der Waals surface area contributed by atoms with Crippen LogP contribution >= 0.6 is 0 Å². The molecular weight excluding hydrogens is 224 g/mol. The summed E-state index contributed by atoms with van der Waals surface area (Å²) in [4.78, 5) is 12.4. The van der Waals surface area contributed by atoms with Gasteiger partial charge in [-0.2, -0.15) is 0 Å². The zero-order valence-corrected chi connectivity index (χ0v) is 11.5. The molecule has 2 aliphatic carbocycles. The number of rotatable bonds is 2. The highest BCUT2D eigenvalue weighted by molar-refractivity contribution is 5.83. The molecule has 2 saturated carbocycles. The monoisotopic (exact) mass is 250 g/mol. The van der Waals surface area contributed by atoms with Gasteiger partial charge in [0, 0.05) is 6.04 Å². The Labute approximate surface area is 110 Å². The predicted octanol–water partition coefficient (Wildman–Crippen LogP) is 2.07. The molecule has 0 aromatic carbocycles. The number of hydrogen-bond donors (Lipinski definition) is 2. The van der Waals surface area contributed by atoms with Crippen molar-refractivity contribution in [2.24, 2.45) is 17.8 Å². The van der Waals surface area contributed by atoms with Crippen molar-refractivity contribution in [1.29, 1.82) is 0 Å². The van der Waals surface area contributed by atoms with Crippen LogP contribution in [0.2, 0.25) is 0 Å². The van der Waals surface area contributed by atoms with E-state index in [0.717, 1.165) is 12.5 Å². The lowest BCUT2D eigenvalue weighted by atomic mass is 9.85. The largest absolute Gasteiger partial charge is 0.352 e. The molecule has 1 aliphatic heterocycles. The Bertz CT molecular complexity index is 318. The first-order valence-corrected chi connectivity index (χ1v) is 7.79. The third kappa shape index (κ3) is 2.29. The van der Waals surface area contributed by atoms with Crippen LogP contribution < -0.4 is 10.6 Å². The van der Waals surface area contributed by atoms with Crippen LogP contribution in [0, 0.1) is 17.8 Å². The molecule has 0 bridgehead atoms. The molecule has 3 aliphatic rings. The van der Waals surface area contributed by atoms with Crippen LogP contribution in [-0.2, 0) is 4.79 Å². The van der Waals surface area contributed by atoms with Crippen LogP contribution in [0.25, 0.3) is 0 Å². The van der Waals surface area contributed by atoms with Crippen LogP contribution in [0.15, 0.2) is 0 Å². The quantitative estimate of drug-likeness (QED) is 0.788. The molecule has 3 heteroatoms. The van der Waals surface area contributed by atoms with Gasteiger partial charge in [0.2, 0.25) is 5.91 Å². The van der Waals surface area contributed by atoms with E-state index in [0.29, 0.717) is 17.9 Å². The first kappa shape index (κ1) is 12.5. The maximum atomic E-state index is 12.4. The van der Waals surface area contributed by atoms with Crippen molar-refractivity contribution in [3.63, 3.8) is 0 Å². The number of carbonyl (C=O) groups excluding carboxylic acids is 1. The lowest BCUT2D eigenvalue weighted by molar-refractivity contribution is -0.125. The molecule has 5 unspecified atom stereocenters. The minimum Gasteiger partial charge on any atom is -0.352 e. The minimum absolute atomic E-state index is 0.103. The molecule has 3 rings (SSSR count). The highest BCUT2D eigenvalue weighted by Crippen LogP contribution is 2.37. The molecule has 0 aromatic heterocycles. The fraction of sp³-hybridized carbons (Fsp3) is 0.933.